The lowest BCUT2D eigenvalue weighted by Gasteiger charge is -2.35. The molecule has 8 nitrogen and oxygen atoms in total. The van der Waals surface area contributed by atoms with Crippen molar-refractivity contribution in [3.8, 4) is 0 Å². The van der Waals surface area contributed by atoms with E-state index >= 15 is 0 Å². The molecule has 0 aromatic heterocycles. The zero-order chi connectivity index (χ0) is 26.8. The van der Waals surface area contributed by atoms with Crippen molar-refractivity contribution in [3.05, 3.63) is 35.6 Å². The van der Waals surface area contributed by atoms with E-state index in [1.807, 2.05) is 50.0 Å². The SMILES string of the molecule is C=NC(CN1CCN(C(=O)C2CCCO2)CC1)=NC(=C/C=C\C)/C(C)=C\C.CCNCCCN(C)C. The Hall–Kier alpha value is -2.13. The Morgan fingerprint density at radius 2 is 1.94 bits per heavy atom. The molecule has 2 fully saturated rings. The maximum atomic E-state index is 12.4. The molecular formula is C28H50N6O2. The first kappa shape index (κ1) is 31.9. The summed E-state index contributed by atoms with van der Waals surface area (Å²) < 4.78 is 5.52. The lowest BCUT2D eigenvalue weighted by atomic mass is 10.2. The van der Waals surface area contributed by atoms with Crippen molar-refractivity contribution in [2.45, 2.75) is 53.1 Å². The predicted molar refractivity (Wildman–Crippen MR) is 153 cm³/mol. The van der Waals surface area contributed by atoms with Gasteiger partial charge >= 0.3 is 0 Å². The molecule has 1 unspecified atom stereocenters. The average Bonchev–Trinajstić information content (AvgIpc) is 3.43. The molecule has 1 amide bonds. The Kier molecular flexibility index (Phi) is 16.9. The molecule has 2 rings (SSSR count). The highest BCUT2D eigenvalue weighted by molar-refractivity contribution is 5.89. The van der Waals surface area contributed by atoms with E-state index in [9.17, 15) is 4.79 Å². The summed E-state index contributed by atoms with van der Waals surface area (Å²) in [6.45, 7) is 19.7. The number of carbonyl (C=O) groups excluding carboxylic acids is 1. The van der Waals surface area contributed by atoms with Crippen LogP contribution >= 0.6 is 0 Å². The smallest absolute Gasteiger partial charge is 0.251 e. The first-order valence-corrected chi connectivity index (χ1v) is 13.3. The molecule has 1 N–H and O–H groups in total. The molecule has 2 heterocycles. The summed E-state index contributed by atoms with van der Waals surface area (Å²) in [6, 6.07) is 0. The van der Waals surface area contributed by atoms with Gasteiger partial charge in [0.1, 0.15) is 11.9 Å². The summed E-state index contributed by atoms with van der Waals surface area (Å²) in [5.74, 6) is 0.842. The second-order valence-corrected chi connectivity index (χ2v) is 9.35. The van der Waals surface area contributed by atoms with Crippen molar-refractivity contribution in [2.75, 3.05) is 73.1 Å². The van der Waals surface area contributed by atoms with Gasteiger partial charge in [0, 0.05) is 32.8 Å². The zero-order valence-corrected chi connectivity index (χ0v) is 23.6. The Bertz CT molecular complexity index is 758. The zero-order valence-electron chi connectivity index (χ0n) is 23.6. The van der Waals surface area contributed by atoms with E-state index in [4.69, 9.17) is 9.73 Å². The highest BCUT2D eigenvalue weighted by atomic mass is 16.5. The van der Waals surface area contributed by atoms with Gasteiger partial charge in [-0.1, -0.05) is 25.2 Å². The number of ether oxygens (including phenoxy) is 1. The molecule has 0 spiro atoms. The number of hydrogen-bond donors (Lipinski definition) is 1. The van der Waals surface area contributed by atoms with Crippen LogP contribution in [0.4, 0.5) is 0 Å². The van der Waals surface area contributed by atoms with Crippen LogP contribution in [0.15, 0.2) is 45.6 Å². The number of allylic oxidation sites excluding steroid dienone is 5. The standard InChI is InChI=1S/C21H32N4O2.C7H18N2/c1-5-7-9-18(17(3)6-2)23-20(22-4)16-24-11-13-25(14-12-24)21(26)19-10-8-15-27-19;1-4-8-6-5-7-9(2)3/h5-7,9,19H,4,8,10-16H2,1-3H3;8H,4-7H2,1-3H3/b7-5-,17-6-,18-9+,23-20?;. The Labute approximate surface area is 219 Å². The van der Waals surface area contributed by atoms with Crippen LogP contribution in [0.25, 0.3) is 0 Å². The van der Waals surface area contributed by atoms with Gasteiger partial charge in [0.05, 0.1) is 12.2 Å². The minimum absolute atomic E-state index is 0.142. The molecule has 0 radical (unpaired) electrons. The van der Waals surface area contributed by atoms with Gasteiger partial charge in [-0.15, -0.1) is 0 Å². The topological polar surface area (TPSA) is 72.8 Å². The van der Waals surface area contributed by atoms with Gasteiger partial charge in [-0.3, -0.25) is 9.69 Å². The summed E-state index contributed by atoms with van der Waals surface area (Å²) in [4.78, 5) is 27.7. The van der Waals surface area contributed by atoms with Crippen LogP contribution in [0.5, 0.6) is 0 Å². The number of piperazine rings is 1. The third kappa shape index (κ3) is 12.7. The highest BCUT2D eigenvalue weighted by Gasteiger charge is 2.30. The fourth-order valence-electron chi connectivity index (χ4n) is 3.85. The number of rotatable bonds is 11. The van der Waals surface area contributed by atoms with Crippen molar-refractivity contribution in [2.24, 2.45) is 9.98 Å². The van der Waals surface area contributed by atoms with Crippen LogP contribution in [0.1, 0.15) is 47.0 Å². The number of aliphatic imine (C=N–C) groups is 2. The second kappa shape index (κ2) is 19.0. The van der Waals surface area contributed by atoms with E-state index in [0.717, 1.165) is 63.4 Å². The molecule has 2 aliphatic rings. The molecule has 0 aromatic rings. The van der Waals surface area contributed by atoms with Crippen molar-refractivity contribution >= 4 is 18.5 Å². The Balaban J connectivity index is 0.000000613. The fourth-order valence-corrected chi connectivity index (χ4v) is 3.85. The molecule has 1 atom stereocenters. The van der Waals surface area contributed by atoms with E-state index in [2.05, 4.69) is 47.8 Å². The summed E-state index contributed by atoms with van der Waals surface area (Å²) >= 11 is 0. The van der Waals surface area contributed by atoms with Gasteiger partial charge in [-0.25, -0.2) is 9.98 Å². The van der Waals surface area contributed by atoms with Gasteiger partial charge in [0.15, 0.2) is 0 Å². The van der Waals surface area contributed by atoms with Crippen LogP contribution in [0.3, 0.4) is 0 Å². The molecule has 204 valence electrons. The van der Waals surface area contributed by atoms with Gasteiger partial charge in [-0.2, -0.15) is 0 Å². The number of carbonyl (C=O) groups is 1. The molecule has 8 heteroatoms. The van der Waals surface area contributed by atoms with Gasteiger partial charge in [0.2, 0.25) is 0 Å². The third-order valence-corrected chi connectivity index (χ3v) is 6.18. The second-order valence-electron chi connectivity index (χ2n) is 9.35. The molecule has 0 aromatic carbocycles. The van der Waals surface area contributed by atoms with Crippen molar-refractivity contribution in [1.29, 1.82) is 0 Å². The number of amidine groups is 1. The maximum Gasteiger partial charge on any atom is 0.251 e. The van der Waals surface area contributed by atoms with Crippen LogP contribution in [0, 0.1) is 0 Å². The average molecular weight is 503 g/mol. The number of nitrogens with zero attached hydrogens (tertiary/aromatic N) is 5. The van der Waals surface area contributed by atoms with Crippen LogP contribution in [-0.4, -0.2) is 112 Å². The molecular weight excluding hydrogens is 452 g/mol. The highest BCUT2D eigenvalue weighted by Crippen LogP contribution is 2.16. The molecule has 36 heavy (non-hydrogen) atoms. The lowest BCUT2D eigenvalue weighted by molar-refractivity contribution is -0.142. The Morgan fingerprint density at radius 1 is 1.22 bits per heavy atom. The number of nitrogens with one attached hydrogen (secondary N) is 1. The van der Waals surface area contributed by atoms with E-state index in [1.165, 1.54) is 13.0 Å². The molecule has 0 bridgehead atoms. The normalized spacial score (nSPS) is 20.1. The third-order valence-electron chi connectivity index (χ3n) is 6.18. The largest absolute Gasteiger partial charge is 0.368 e. The summed E-state index contributed by atoms with van der Waals surface area (Å²) in [6.07, 6.45) is 10.8. The van der Waals surface area contributed by atoms with Crippen molar-refractivity contribution in [1.82, 2.24) is 20.0 Å². The van der Waals surface area contributed by atoms with E-state index in [-0.39, 0.29) is 12.0 Å². The molecule has 0 aliphatic carbocycles. The van der Waals surface area contributed by atoms with Crippen LogP contribution < -0.4 is 5.32 Å². The fraction of sp³-hybridized carbons (Fsp3) is 0.679. The van der Waals surface area contributed by atoms with E-state index < -0.39 is 0 Å². The minimum Gasteiger partial charge on any atom is -0.368 e. The number of hydrogen-bond acceptors (Lipinski definition) is 6. The predicted octanol–water partition coefficient (Wildman–Crippen LogP) is 3.38. The van der Waals surface area contributed by atoms with Gasteiger partial charge < -0.3 is 19.9 Å². The van der Waals surface area contributed by atoms with Crippen LogP contribution in [-0.2, 0) is 9.53 Å². The summed E-state index contributed by atoms with van der Waals surface area (Å²) in [5.41, 5.74) is 1.99. The van der Waals surface area contributed by atoms with Crippen molar-refractivity contribution < 1.29 is 9.53 Å². The lowest BCUT2D eigenvalue weighted by Crippen LogP contribution is -2.52. The molecule has 0 saturated carbocycles. The summed E-state index contributed by atoms with van der Waals surface area (Å²) in [5, 5.41) is 3.28. The molecule has 2 aliphatic heterocycles. The van der Waals surface area contributed by atoms with Crippen LogP contribution in [0.2, 0.25) is 0 Å². The minimum atomic E-state index is -0.230. The first-order chi connectivity index (χ1) is 17.4. The molecule has 2 saturated heterocycles. The van der Waals surface area contributed by atoms with Gasteiger partial charge in [-0.05, 0) is 92.1 Å². The Morgan fingerprint density at radius 3 is 2.47 bits per heavy atom. The quantitative estimate of drug-likeness (QED) is 0.203. The van der Waals surface area contributed by atoms with Crippen molar-refractivity contribution in [3.63, 3.8) is 0 Å². The number of amides is 1. The summed E-state index contributed by atoms with van der Waals surface area (Å²) in [7, 11) is 4.21. The van der Waals surface area contributed by atoms with Gasteiger partial charge in [0.25, 0.3) is 5.91 Å². The van der Waals surface area contributed by atoms with E-state index in [0.29, 0.717) is 19.0 Å². The first-order valence-electron chi connectivity index (χ1n) is 13.3. The monoisotopic (exact) mass is 502 g/mol. The van der Waals surface area contributed by atoms with E-state index in [1.54, 1.807) is 0 Å². The maximum absolute atomic E-state index is 12.4.